The van der Waals surface area contributed by atoms with E-state index in [9.17, 15) is 14.4 Å². The maximum atomic E-state index is 12.7. The number of hydrogen-bond donors (Lipinski definition) is 1. The van der Waals surface area contributed by atoms with E-state index in [2.05, 4.69) is 5.32 Å². The van der Waals surface area contributed by atoms with Crippen LogP contribution < -0.4 is 5.32 Å². The average molecular weight is 409 g/mol. The number of esters is 1. The van der Waals surface area contributed by atoms with Crippen LogP contribution in [0.25, 0.3) is 0 Å². The van der Waals surface area contributed by atoms with Gasteiger partial charge >= 0.3 is 12.1 Å². The van der Waals surface area contributed by atoms with Gasteiger partial charge in [0, 0.05) is 12.5 Å². The van der Waals surface area contributed by atoms with Crippen LogP contribution in [0.4, 0.5) is 4.79 Å². The van der Waals surface area contributed by atoms with Crippen LogP contribution in [-0.2, 0) is 32.1 Å². The summed E-state index contributed by atoms with van der Waals surface area (Å²) in [6.45, 7) is 5.33. The molecule has 0 aliphatic carbocycles. The van der Waals surface area contributed by atoms with Gasteiger partial charge in [-0.05, 0) is 38.0 Å². The molecule has 0 heterocycles. The van der Waals surface area contributed by atoms with Crippen LogP contribution in [-0.4, -0.2) is 29.5 Å². The van der Waals surface area contributed by atoms with Crippen molar-refractivity contribution in [1.29, 1.82) is 0 Å². The quantitative estimate of drug-likeness (QED) is 0.527. The summed E-state index contributed by atoms with van der Waals surface area (Å²) < 4.78 is 10.4. The normalized spacial score (nSPS) is 12.2. The van der Waals surface area contributed by atoms with E-state index >= 15 is 0 Å². The standard InChI is InChI=1S/C24H27NO5/c1-24(2,3)30-23(28)25-20(16-18-10-6-4-7-11-18)21(26)14-15-22(27)29-17-19-12-8-5-9-13-19/h4-15,20H,16-17H2,1-3H3,(H,25,28)/b15-14+/t20-/m0/s1. The lowest BCUT2D eigenvalue weighted by molar-refractivity contribution is -0.139. The van der Waals surface area contributed by atoms with Gasteiger partial charge in [0.1, 0.15) is 12.2 Å². The molecular formula is C24H27NO5. The number of alkyl carbamates (subject to hydrolysis) is 1. The van der Waals surface area contributed by atoms with Crippen LogP contribution in [0.5, 0.6) is 0 Å². The first kappa shape index (κ1) is 22.9. The van der Waals surface area contributed by atoms with Gasteiger partial charge in [0.05, 0.1) is 6.04 Å². The molecule has 0 spiro atoms. The van der Waals surface area contributed by atoms with Crippen LogP contribution in [0.3, 0.4) is 0 Å². The summed E-state index contributed by atoms with van der Waals surface area (Å²) in [7, 11) is 0. The largest absolute Gasteiger partial charge is 0.458 e. The van der Waals surface area contributed by atoms with E-state index in [-0.39, 0.29) is 13.0 Å². The van der Waals surface area contributed by atoms with E-state index in [1.165, 1.54) is 0 Å². The monoisotopic (exact) mass is 409 g/mol. The smallest absolute Gasteiger partial charge is 0.408 e. The van der Waals surface area contributed by atoms with Crippen molar-refractivity contribution in [3.05, 3.63) is 83.9 Å². The molecule has 0 unspecified atom stereocenters. The summed E-state index contributed by atoms with van der Waals surface area (Å²) >= 11 is 0. The molecule has 0 fully saturated rings. The van der Waals surface area contributed by atoms with Crippen molar-refractivity contribution in [3.63, 3.8) is 0 Å². The molecule has 158 valence electrons. The molecule has 30 heavy (non-hydrogen) atoms. The number of benzene rings is 2. The predicted octanol–water partition coefficient (Wildman–Crippen LogP) is 3.99. The summed E-state index contributed by atoms with van der Waals surface area (Å²) in [4.78, 5) is 36.8. The molecule has 1 amide bonds. The first-order valence-electron chi connectivity index (χ1n) is 9.69. The van der Waals surface area contributed by atoms with Gasteiger partial charge in [0.15, 0.2) is 5.78 Å². The third-order valence-corrected chi connectivity index (χ3v) is 3.92. The second-order valence-corrected chi connectivity index (χ2v) is 7.72. The Morgan fingerprint density at radius 3 is 2.03 bits per heavy atom. The van der Waals surface area contributed by atoms with E-state index in [0.717, 1.165) is 23.3 Å². The Morgan fingerprint density at radius 2 is 1.47 bits per heavy atom. The Labute approximate surface area is 176 Å². The van der Waals surface area contributed by atoms with Gasteiger partial charge in [-0.15, -0.1) is 0 Å². The van der Waals surface area contributed by atoms with Crippen LogP contribution in [0, 0.1) is 0 Å². The molecule has 0 aromatic heterocycles. The number of ether oxygens (including phenoxy) is 2. The Bertz CT molecular complexity index is 869. The molecule has 0 bridgehead atoms. The second-order valence-electron chi connectivity index (χ2n) is 7.72. The molecule has 2 rings (SSSR count). The Balaban J connectivity index is 2.00. The minimum Gasteiger partial charge on any atom is -0.458 e. The average Bonchev–Trinajstić information content (AvgIpc) is 2.70. The summed E-state index contributed by atoms with van der Waals surface area (Å²) in [6, 6.07) is 17.6. The van der Waals surface area contributed by atoms with E-state index in [1.54, 1.807) is 20.8 Å². The molecule has 1 N–H and O–H groups in total. The van der Waals surface area contributed by atoms with Gasteiger partial charge in [-0.2, -0.15) is 0 Å². The lowest BCUT2D eigenvalue weighted by Crippen LogP contribution is -2.44. The van der Waals surface area contributed by atoms with Crippen molar-refractivity contribution < 1.29 is 23.9 Å². The van der Waals surface area contributed by atoms with Gasteiger partial charge in [-0.1, -0.05) is 60.7 Å². The third-order valence-electron chi connectivity index (χ3n) is 3.92. The first-order chi connectivity index (χ1) is 14.2. The molecule has 2 aromatic rings. The Morgan fingerprint density at radius 1 is 0.900 bits per heavy atom. The zero-order valence-corrected chi connectivity index (χ0v) is 17.5. The number of carbonyl (C=O) groups is 3. The van der Waals surface area contributed by atoms with Crippen molar-refractivity contribution in [1.82, 2.24) is 5.32 Å². The van der Waals surface area contributed by atoms with Gasteiger partial charge in [0.25, 0.3) is 0 Å². The fourth-order valence-corrected chi connectivity index (χ4v) is 2.57. The SMILES string of the molecule is CC(C)(C)OC(=O)N[C@@H](Cc1ccccc1)C(=O)/C=C/C(=O)OCc1ccccc1. The molecule has 0 aliphatic rings. The summed E-state index contributed by atoms with van der Waals surface area (Å²) in [6.07, 6.45) is 1.76. The topological polar surface area (TPSA) is 81.7 Å². The minimum absolute atomic E-state index is 0.113. The van der Waals surface area contributed by atoms with E-state index in [0.29, 0.717) is 0 Å². The molecule has 2 aromatic carbocycles. The van der Waals surface area contributed by atoms with E-state index in [1.807, 2.05) is 60.7 Å². The highest BCUT2D eigenvalue weighted by Gasteiger charge is 2.23. The van der Waals surface area contributed by atoms with E-state index < -0.39 is 29.5 Å². The zero-order valence-electron chi connectivity index (χ0n) is 17.5. The molecule has 6 heteroatoms. The van der Waals surface area contributed by atoms with Crippen molar-refractivity contribution in [2.75, 3.05) is 0 Å². The molecule has 0 saturated carbocycles. The highest BCUT2D eigenvalue weighted by Crippen LogP contribution is 2.09. The van der Waals surface area contributed by atoms with Crippen molar-refractivity contribution in [3.8, 4) is 0 Å². The molecule has 0 radical (unpaired) electrons. The first-order valence-corrected chi connectivity index (χ1v) is 9.69. The van der Waals surface area contributed by atoms with E-state index in [4.69, 9.17) is 9.47 Å². The second kappa shape index (κ2) is 11.0. The zero-order chi connectivity index (χ0) is 22.0. The predicted molar refractivity (Wildman–Crippen MR) is 114 cm³/mol. The fourth-order valence-electron chi connectivity index (χ4n) is 2.57. The molecule has 0 saturated heterocycles. The Hall–Kier alpha value is -3.41. The number of ketones is 1. The maximum Gasteiger partial charge on any atom is 0.408 e. The number of hydrogen-bond acceptors (Lipinski definition) is 5. The number of rotatable bonds is 8. The van der Waals surface area contributed by atoms with Gasteiger partial charge in [0.2, 0.25) is 0 Å². The van der Waals surface area contributed by atoms with Crippen LogP contribution >= 0.6 is 0 Å². The highest BCUT2D eigenvalue weighted by molar-refractivity contribution is 6.00. The van der Waals surface area contributed by atoms with Crippen LogP contribution in [0.1, 0.15) is 31.9 Å². The van der Waals surface area contributed by atoms with Crippen molar-refractivity contribution in [2.45, 2.75) is 45.4 Å². The number of nitrogens with one attached hydrogen (secondary N) is 1. The summed E-state index contributed by atoms with van der Waals surface area (Å²) in [5, 5.41) is 2.59. The molecule has 6 nitrogen and oxygen atoms in total. The maximum absolute atomic E-state index is 12.7. The molecular weight excluding hydrogens is 382 g/mol. The Kier molecular flexibility index (Phi) is 8.35. The van der Waals surface area contributed by atoms with Crippen LogP contribution in [0.2, 0.25) is 0 Å². The number of carbonyl (C=O) groups excluding carboxylic acids is 3. The van der Waals surface area contributed by atoms with Gasteiger partial charge in [-0.25, -0.2) is 9.59 Å². The lowest BCUT2D eigenvalue weighted by atomic mass is 10.0. The number of amides is 1. The summed E-state index contributed by atoms with van der Waals surface area (Å²) in [5.41, 5.74) is 1.02. The van der Waals surface area contributed by atoms with Crippen molar-refractivity contribution in [2.24, 2.45) is 0 Å². The summed E-state index contributed by atoms with van der Waals surface area (Å²) in [5.74, 6) is -1.07. The molecule has 0 aliphatic heterocycles. The van der Waals surface area contributed by atoms with Crippen LogP contribution in [0.15, 0.2) is 72.8 Å². The lowest BCUT2D eigenvalue weighted by Gasteiger charge is -2.22. The van der Waals surface area contributed by atoms with Gasteiger partial charge in [-0.3, -0.25) is 4.79 Å². The minimum atomic E-state index is -0.875. The molecule has 1 atom stereocenters. The van der Waals surface area contributed by atoms with Crippen molar-refractivity contribution >= 4 is 17.8 Å². The highest BCUT2D eigenvalue weighted by atomic mass is 16.6. The fraction of sp³-hybridized carbons (Fsp3) is 0.292. The third kappa shape index (κ3) is 8.73. The van der Waals surface area contributed by atoms with Gasteiger partial charge < -0.3 is 14.8 Å².